The molecule has 0 aliphatic carbocycles. The van der Waals surface area contributed by atoms with E-state index < -0.39 is 0 Å². The summed E-state index contributed by atoms with van der Waals surface area (Å²) in [4.78, 5) is 10.7. The van der Waals surface area contributed by atoms with E-state index in [1.54, 1.807) is 0 Å². The normalized spacial score (nSPS) is 17.2. The number of rotatable bonds is 4. The largest absolute Gasteiger partial charge is 0.396 e. The van der Waals surface area contributed by atoms with E-state index in [0.29, 0.717) is 17.7 Å². The van der Waals surface area contributed by atoms with Crippen LogP contribution in [-0.4, -0.2) is 34.8 Å². The lowest BCUT2D eigenvalue weighted by atomic mass is 9.97. The monoisotopic (exact) mass is 269 g/mol. The predicted molar refractivity (Wildman–Crippen MR) is 73.1 cm³/mol. The topological polar surface area (TPSA) is 49.2 Å². The number of aliphatic hydroxyl groups is 1. The van der Waals surface area contributed by atoms with Gasteiger partial charge in [0.15, 0.2) is 0 Å². The molecule has 0 bridgehead atoms. The Morgan fingerprint density at radius 2 is 2.11 bits per heavy atom. The summed E-state index contributed by atoms with van der Waals surface area (Å²) in [7, 11) is 0. The Hall–Kier alpha value is -0.870. The lowest BCUT2D eigenvalue weighted by Gasteiger charge is -2.33. The van der Waals surface area contributed by atoms with Crippen molar-refractivity contribution < 1.29 is 5.11 Å². The van der Waals surface area contributed by atoms with Gasteiger partial charge in [0, 0.05) is 25.3 Å². The molecule has 2 heterocycles. The van der Waals surface area contributed by atoms with Crippen molar-refractivity contribution in [1.82, 2.24) is 9.97 Å². The van der Waals surface area contributed by atoms with E-state index in [2.05, 4.69) is 21.8 Å². The molecule has 0 atom stereocenters. The molecular weight excluding hydrogens is 250 g/mol. The van der Waals surface area contributed by atoms with E-state index >= 15 is 0 Å². The molecule has 0 amide bonds. The Bertz CT molecular complexity index is 392. The van der Waals surface area contributed by atoms with Crippen LogP contribution >= 0.6 is 11.6 Å². The highest BCUT2D eigenvalue weighted by Crippen LogP contribution is 2.28. The summed E-state index contributed by atoms with van der Waals surface area (Å²) in [6.07, 6.45) is 5.52. The molecule has 0 spiro atoms. The lowest BCUT2D eigenvalue weighted by Crippen LogP contribution is -2.36. The number of aromatic nitrogens is 2. The van der Waals surface area contributed by atoms with E-state index in [0.717, 1.165) is 50.2 Å². The van der Waals surface area contributed by atoms with Gasteiger partial charge in [-0.05, 0) is 25.2 Å². The molecule has 0 unspecified atom stereocenters. The molecule has 1 saturated heterocycles. The van der Waals surface area contributed by atoms with E-state index in [9.17, 15) is 0 Å². The first-order chi connectivity index (χ1) is 8.76. The third-order valence-corrected chi connectivity index (χ3v) is 3.87. The van der Waals surface area contributed by atoms with Gasteiger partial charge in [-0.1, -0.05) is 24.9 Å². The van der Waals surface area contributed by atoms with Crippen molar-refractivity contribution in [3.63, 3.8) is 0 Å². The quantitative estimate of drug-likeness (QED) is 0.852. The van der Waals surface area contributed by atoms with Crippen LogP contribution in [0.2, 0.25) is 5.15 Å². The molecule has 100 valence electrons. The first kappa shape index (κ1) is 13.6. The van der Waals surface area contributed by atoms with Crippen molar-refractivity contribution in [3.05, 3.63) is 17.0 Å². The number of halogens is 1. The number of aliphatic hydroxyl groups excluding tert-OH is 1. The maximum absolute atomic E-state index is 9.17. The van der Waals surface area contributed by atoms with Gasteiger partial charge >= 0.3 is 0 Å². The average Bonchev–Trinajstić information content (AvgIpc) is 2.41. The van der Waals surface area contributed by atoms with E-state index in [1.165, 1.54) is 6.33 Å². The smallest absolute Gasteiger partial charge is 0.137 e. The fourth-order valence-electron chi connectivity index (χ4n) is 2.45. The Morgan fingerprint density at radius 1 is 1.39 bits per heavy atom. The van der Waals surface area contributed by atoms with Gasteiger partial charge in [-0.3, -0.25) is 0 Å². The minimum Gasteiger partial charge on any atom is -0.396 e. The molecule has 1 aromatic rings. The highest BCUT2D eigenvalue weighted by Gasteiger charge is 2.22. The average molecular weight is 270 g/mol. The summed E-state index contributed by atoms with van der Waals surface area (Å²) in [5.41, 5.74) is 1.06. The van der Waals surface area contributed by atoms with Gasteiger partial charge in [0.05, 0.1) is 0 Å². The summed E-state index contributed by atoms with van der Waals surface area (Å²) < 4.78 is 0. The third-order valence-electron chi connectivity index (χ3n) is 3.54. The van der Waals surface area contributed by atoms with E-state index in [1.807, 2.05) is 0 Å². The Labute approximate surface area is 113 Å². The minimum atomic E-state index is 0.292. The standard InChI is InChI=1S/C13H20ClN3O/c1-2-3-11-12(14)15-9-16-13(11)17-6-4-10(8-18)5-7-17/h9-10,18H,2-8H2,1H3. The highest BCUT2D eigenvalue weighted by atomic mass is 35.5. The summed E-state index contributed by atoms with van der Waals surface area (Å²) >= 11 is 6.17. The van der Waals surface area contributed by atoms with Crippen LogP contribution in [0.15, 0.2) is 6.33 Å². The van der Waals surface area contributed by atoms with E-state index in [4.69, 9.17) is 16.7 Å². The molecule has 1 aliphatic rings. The fourth-order valence-corrected chi connectivity index (χ4v) is 2.67. The Kier molecular flexibility index (Phi) is 4.78. The molecule has 5 heteroatoms. The molecular formula is C13H20ClN3O. The highest BCUT2D eigenvalue weighted by molar-refractivity contribution is 6.30. The molecule has 1 aliphatic heterocycles. The van der Waals surface area contributed by atoms with Crippen LogP contribution < -0.4 is 4.90 Å². The molecule has 1 N–H and O–H groups in total. The summed E-state index contributed by atoms with van der Waals surface area (Å²) in [5, 5.41) is 9.74. The lowest BCUT2D eigenvalue weighted by molar-refractivity contribution is 0.202. The molecule has 0 aromatic carbocycles. The first-order valence-electron chi connectivity index (χ1n) is 6.61. The van der Waals surface area contributed by atoms with Gasteiger partial charge in [-0.15, -0.1) is 0 Å². The summed E-state index contributed by atoms with van der Waals surface area (Å²) in [5.74, 6) is 1.42. The van der Waals surface area contributed by atoms with Crippen LogP contribution in [0.25, 0.3) is 0 Å². The molecule has 4 nitrogen and oxygen atoms in total. The number of hydrogen-bond acceptors (Lipinski definition) is 4. The zero-order valence-corrected chi connectivity index (χ0v) is 11.5. The molecule has 0 saturated carbocycles. The van der Waals surface area contributed by atoms with Crippen molar-refractivity contribution in [2.75, 3.05) is 24.6 Å². The van der Waals surface area contributed by atoms with Gasteiger partial charge in [-0.2, -0.15) is 0 Å². The summed E-state index contributed by atoms with van der Waals surface area (Å²) in [6.45, 7) is 4.30. The zero-order chi connectivity index (χ0) is 13.0. The van der Waals surface area contributed by atoms with Crippen LogP contribution in [-0.2, 0) is 6.42 Å². The summed E-state index contributed by atoms with van der Waals surface area (Å²) in [6, 6.07) is 0. The zero-order valence-electron chi connectivity index (χ0n) is 10.8. The third kappa shape index (κ3) is 2.93. The maximum Gasteiger partial charge on any atom is 0.137 e. The van der Waals surface area contributed by atoms with Crippen LogP contribution in [0.5, 0.6) is 0 Å². The second kappa shape index (κ2) is 6.34. The van der Waals surface area contributed by atoms with Crippen LogP contribution in [0.1, 0.15) is 31.7 Å². The second-order valence-corrected chi connectivity index (χ2v) is 5.19. The van der Waals surface area contributed by atoms with Crippen molar-refractivity contribution >= 4 is 17.4 Å². The first-order valence-corrected chi connectivity index (χ1v) is 6.99. The molecule has 1 aromatic heterocycles. The Balaban J connectivity index is 2.15. The van der Waals surface area contributed by atoms with E-state index in [-0.39, 0.29) is 0 Å². The molecule has 2 rings (SSSR count). The molecule has 1 fully saturated rings. The fraction of sp³-hybridized carbons (Fsp3) is 0.692. The molecule has 18 heavy (non-hydrogen) atoms. The maximum atomic E-state index is 9.17. The van der Waals surface area contributed by atoms with Crippen LogP contribution in [0.4, 0.5) is 5.82 Å². The predicted octanol–water partition coefficient (Wildman–Crippen LogP) is 2.29. The van der Waals surface area contributed by atoms with Gasteiger partial charge in [-0.25, -0.2) is 9.97 Å². The number of anilines is 1. The van der Waals surface area contributed by atoms with Gasteiger partial charge in [0.1, 0.15) is 17.3 Å². The number of hydrogen-bond donors (Lipinski definition) is 1. The van der Waals surface area contributed by atoms with Crippen molar-refractivity contribution in [3.8, 4) is 0 Å². The van der Waals surface area contributed by atoms with Crippen molar-refractivity contribution in [1.29, 1.82) is 0 Å². The number of nitrogens with zero attached hydrogens (tertiary/aromatic N) is 3. The SMILES string of the molecule is CCCc1c(Cl)ncnc1N1CCC(CO)CC1. The second-order valence-electron chi connectivity index (χ2n) is 4.83. The van der Waals surface area contributed by atoms with Gasteiger partial charge in [0.2, 0.25) is 0 Å². The van der Waals surface area contributed by atoms with Crippen LogP contribution in [0, 0.1) is 5.92 Å². The van der Waals surface area contributed by atoms with Gasteiger partial charge in [0.25, 0.3) is 0 Å². The molecule has 0 radical (unpaired) electrons. The van der Waals surface area contributed by atoms with Gasteiger partial charge < -0.3 is 10.0 Å². The Morgan fingerprint density at radius 3 is 2.72 bits per heavy atom. The van der Waals surface area contributed by atoms with Crippen LogP contribution in [0.3, 0.4) is 0 Å². The number of piperidine rings is 1. The minimum absolute atomic E-state index is 0.292. The van der Waals surface area contributed by atoms with Crippen molar-refractivity contribution in [2.45, 2.75) is 32.6 Å². The van der Waals surface area contributed by atoms with Crippen molar-refractivity contribution in [2.24, 2.45) is 5.92 Å².